The van der Waals surface area contributed by atoms with Crippen LogP contribution in [0.4, 0.5) is 0 Å². The summed E-state index contributed by atoms with van der Waals surface area (Å²) < 4.78 is 5.86. The molecule has 96 valence electrons. The normalized spacial score (nSPS) is 29.5. The van der Waals surface area contributed by atoms with Gasteiger partial charge in [0.2, 0.25) is 0 Å². The Morgan fingerprint density at radius 2 is 2.47 bits per heavy atom. The third kappa shape index (κ3) is 3.27. The molecule has 0 spiro atoms. The summed E-state index contributed by atoms with van der Waals surface area (Å²) in [5.74, 6) is 0. The summed E-state index contributed by atoms with van der Waals surface area (Å²) in [5.41, 5.74) is 3.15. The van der Waals surface area contributed by atoms with E-state index in [1.54, 1.807) is 11.3 Å². The lowest BCUT2D eigenvalue weighted by Gasteiger charge is -2.38. The Morgan fingerprint density at radius 3 is 3.12 bits per heavy atom. The van der Waals surface area contributed by atoms with Crippen LogP contribution >= 0.6 is 11.3 Å². The van der Waals surface area contributed by atoms with Crippen molar-refractivity contribution in [3.63, 3.8) is 0 Å². The van der Waals surface area contributed by atoms with Crippen molar-refractivity contribution < 1.29 is 4.74 Å². The van der Waals surface area contributed by atoms with Crippen LogP contribution < -0.4 is 5.32 Å². The molecular formula is C13H22N2OS. The average Bonchev–Trinajstić information content (AvgIpc) is 2.73. The molecule has 1 aliphatic heterocycles. The van der Waals surface area contributed by atoms with Gasteiger partial charge in [-0.05, 0) is 33.1 Å². The van der Waals surface area contributed by atoms with Gasteiger partial charge in [0.05, 0.1) is 16.8 Å². The monoisotopic (exact) mass is 254 g/mol. The molecule has 0 aromatic carbocycles. The third-order valence-electron chi connectivity index (χ3n) is 3.74. The van der Waals surface area contributed by atoms with Gasteiger partial charge in [-0.25, -0.2) is 4.98 Å². The highest BCUT2D eigenvalue weighted by molar-refractivity contribution is 7.09. The predicted molar refractivity (Wildman–Crippen MR) is 71.4 cm³/mol. The van der Waals surface area contributed by atoms with Crippen LogP contribution in [0.15, 0.2) is 5.51 Å². The van der Waals surface area contributed by atoms with E-state index in [2.05, 4.69) is 31.1 Å². The first-order valence-corrected chi connectivity index (χ1v) is 7.27. The lowest BCUT2D eigenvalue weighted by molar-refractivity contribution is -0.0781. The minimum atomic E-state index is 0.0681. The molecular weight excluding hydrogens is 232 g/mol. The van der Waals surface area contributed by atoms with Crippen LogP contribution in [0, 0.1) is 6.92 Å². The van der Waals surface area contributed by atoms with Crippen molar-refractivity contribution >= 4 is 11.3 Å². The molecule has 0 radical (unpaired) electrons. The van der Waals surface area contributed by atoms with E-state index in [1.807, 2.05) is 5.51 Å². The van der Waals surface area contributed by atoms with Crippen LogP contribution in [0.2, 0.25) is 0 Å². The van der Waals surface area contributed by atoms with Gasteiger partial charge in [-0.3, -0.25) is 0 Å². The van der Waals surface area contributed by atoms with E-state index in [0.717, 1.165) is 38.1 Å². The van der Waals surface area contributed by atoms with Crippen LogP contribution in [0.3, 0.4) is 0 Å². The topological polar surface area (TPSA) is 34.2 Å². The summed E-state index contributed by atoms with van der Waals surface area (Å²) in [5, 5.41) is 3.64. The lowest BCUT2D eigenvalue weighted by Crippen LogP contribution is -2.44. The average molecular weight is 254 g/mol. The highest BCUT2D eigenvalue weighted by atomic mass is 32.1. The maximum atomic E-state index is 5.86. The molecule has 2 atom stereocenters. The van der Waals surface area contributed by atoms with Gasteiger partial charge in [0, 0.05) is 24.1 Å². The first-order valence-electron chi connectivity index (χ1n) is 6.39. The maximum absolute atomic E-state index is 5.86. The van der Waals surface area contributed by atoms with Gasteiger partial charge in [0.25, 0.3) is 0 Å². The molecule has 2 heterocycles. The van der Waals surface area contributed by atoms with Gasteiger partial charge in [0.15, 0.2) is 0 Å². The van der Waals surface area contributed by atoms with Gasteiger partial charge in [-0.15, -0.1) is 11.3 Å². The summed E-state index contributed by atoms with van der Waals surface area (Å²) in [6.07, 6.45) is 3.32. The number of nitrogens with one attached hydrogen (secondary N) is 1. The first kappa shape index (κ1) is 13.0. The van der Waals surface area contributed by atoms with Crippen LogP contribution in [-0.2, 0) is 11.3 Å². The molecule has 0 saturated carbocycles. The van der Waals surface area contributed by atoms with E-state index in [4.69, 9.17) is 4.74 Å². The Kier molecular flexibility index (Phi) is 4.17. The van der Waals surface area contributed by atoms with E-state index in [1.165, 1.54) is 4.88 Å². The maximum Gasteiger partial charge on any atom is 0.0798 e. The van der Waals surface area contributed by atoms with Crippen LogP contribution in [0.25, 0.3) is 0 Å². The van der Waals surface area contributed by atoms with Crippen molar-refractivity contribution in [2.45, 2.75) is 58.2 Å². The molecule has 2 rings (SSSR count). The number of aromatic nitrogens is 1. The van der Waals surface area contributed by atoms with Gasteiger partial charge >= 0.3 is 0 Å². The van der Waals surface area contributed by atoms with Gasteiger partial charge in [0.1, 0.15) is 0 Å². The Hall–Kier alpha value is -0.450. The Morgan fingerprint density at radius 1 is 1.65 bits per heavy atom. The fourth-order valence-corrected chi connectivity index (χ4v) is 3.01. The first-order chi connectivity index (χ1) is 8.13. The number of rotatable bonds is 4. The Labute approximate surface area is 108 Å². The number of nitrogens with zero attached hydrogens (tertiary/aromatic N) is 1. The van der Waals surface area contributed by atoms with Gasteiger partial charge in [-0.1, -0.05) is 6.92 Å². The summed E-state index contributed by atoms with van der Waals surface area (Å²) in [4.78, 5) is 5.64. The number of ether oxygens (including phenoxy) is 1. The van der Waals surface area contributed by atoms with E-state index in [0.29, 0.717) is 6.04 Å². The minimum Gasteiger partial charge on any atom is -0.375 e. The number of hydrogen-bond acceptors (Lipinski definition) is 4. The fourth-order valence-electron chi connectivity index (χ4n) is 2.28. The molecule has 0 bridgehead atoms. The summed E-state index contributed by atoms with van der Waals surface area (Å²) in [6.45, 7) is 8.33. The van der Waals surface area contributed by atoms with Crippen molar-refractivity contribution in [3.8, 4) is 0 Å². The number of thiazole rings is 1. The summed E-state index contributed by atoms with van der Waals surface area (Å²) >= 11 is 1.74. The summed E-state index contributed by atoms with van der Waals surface area (Å²) in [6, 6.07) is 0.579. The third-order valence-corrected chi connectivity index (χ3v) is 4.67. The molecule has 1 N–H and O–H groups in total. The van der Waals surface area contributed by atoms with Gasteiger partial charge < -0.3 is 10.1 Å². The smallest absolute Gasteiger partial charge is 0.0798 e. The molecule has 1 aromatic heterocycles. The Bertz CT molecular complexity index is 366. The largest absolute Gasteiger partial charge is 0.375 e. The molecule has 17 heavy (non-hydrogen) atoms. The zero-order valence-corrected chi connectivity index (χ0v) is 11.8. The number of hydrogen-bond donors (Lipinski definition) is 1. The lowest BCUT2D eigenvalue weighted by atomic mass is 9.90. The van der Waals surface area contributed by atoms with E-state index in [-0.39, 0.29) is 5.60 Å². The van der Waals surface area contributed by atoms with E-state index in [9.17, 15) is 0 Å². The molecule has 4 heteroatoms. The van der Waals surface area contributed by atoms with Crippen molar-refractivity contribution in [2.24, 2.45) is 0 Å². The zero-order valence-electron chi connectivity index (χ0n) is 11.0. The van der Waals surface area contributed by atoms with Gasteiger partial charge in [-0.2, -0.15) is 0 Å². The minimum absolute atomic E-state index is 0.0681. The second kappa shape index (κ2) is 5.46. The van der Waals surface area contributed by atoms with Crippen molar-refractivity contribution in [3.05, 3.63) is 16.1 Å². The standard InChI is InChI=1S/C13H22N2OS/c1-4-13(3)7-11(5-6-16-13)14-8-12-10(2)15-9-17-12/h9,11,14H,4-8H2,1-3H3. The molecule has 3 nitrogen and oxygen atoms in total. The van der Waals surface area contributed by atoms with Crippen molar-refractivity contribution in [1.29, 1.82) is 0 Å². The van der Waals surface area contributed by atoms with E-state index >= 15 is 0 Å². The Balaban J connectivity index is 1.85. The molecule has 1 aromatic rings. The second-order valence-electron chi connectivity index (χ2n) is 5.08. The molecule has 0 amide bonds. The molecule has 0 aliphatic carbocycles. The van der Waals surface area contributed by atoms with Crippen molar-refractivity contribution in [2.75, 3.05) is 6.61 Å². The summed E-state index contributed by atoms with van der Waals surface area (Å²) in [7, 11) is 0. The number of aryl methyl sites for hydroxylation is 1. The molecule has 1 aliphatic rings. The van der Waals surface area contributed by atoms with E-state index < -0.39 is 0 Å². The van der Waals surface area contributed by atoms with Crippen LogP contribution in [0.5, 0.6) is 0 Å². The second-order valence-corrected chi connectivity index (χ2v) is 6.02. The predicted octanol–water partition coefficient (Wildman–Crippen LogP) is 2.89. The SMILES string of the molecule is CCC1(C)CC(NCc2scnc2C)CCO1. The van der Waals surface area contributed by atoms with Crippen molar-refractivity contribution in [1.82, 2.24) is 10.3 Å². The molecule has 1 saturated heterocycles. The quantitative estimate of drug-likeness (QED) is 0.897. The van der Waals surface area contributed by atoms with Crippen LogP contribution in [0.1, 0.15) is 43.7 Å². The molecule has 2 unspecified atom stereocenters. The fraction of sp³-hybridized carbons (Fsp3) is 0.769. The highest BCUT2D eigenvalue weighted by Crippen LogP contribution is 2.28. The zero-order chi connectivity index (χ0) is 12.3. The van der Waals surface area contributed by atoms with Crippen LogP contribution in [-0.4, -0.2) is 23.2 Å². The highest BCUT2D eigenvalue weighted by Gasteiger charge is 2.31. The molecule has 1 fully saturated rings.